The average molecular weight is 433 g/mol. The van der Waals surface area contributed by atoms with Crippen molar-refractivity contribution in [1.82, 2.24) is 8.87 Å². The SMILES string of the molecule is COC(=O)c1cn(C(=O)CN(C)S(=O)(=O)c2ccc(SC)cc2)c2ccccc12. The van der Waals surface area contributed by atoms with Gasteiger partial charge in [0.25, 0.3) is 0 Å². The number of nitrogens with zero attached hydrogens (tertiary/aromatic N) is 2. The Kier molecular flexibility index (Phi) is 6.11. The number of para-hydroxylation sites is 1. The standard InChI is InChI=1S/C20H20N2O5S2/c1-21(29(25,26)15-10-8-14(28-3)9-11-15)13-19(23)22-12-17(20(24)27-2)16-6-4-5-7-18(16)22/h4-12H,13H2,1-3H3. The average Bonchev–Trinajstić information content (AvgIpc) is 3.13. The number of hydrogen-bond donors (Lipinski definition) is 0. The number of thioether (sulfide) groups is 1. The monoisotopic (exact) mass is 432 g/mol. The minimum Gasteiger partial charge on any atom is -0.465 e. The molecular formula is C20H20N2O5S2. The second kappa shape index (κ2) is 8.40. The van der Waals surface area contributed by atoms with Crippen molar-refractivity contribution in [3.63, 3.8) is 0 Å². The van der Waals surface area contributed by atoms with Gasteiger partial charge in [0, 0.05) is 23.5 Å². The molecule has 0 spiro atoms. The summed E-state index contributed by atoms with van der Waals surface area (Å²) in [5.74, 6) is -1.05. The number of fused-ring (bicyclic) bond motifs is 1. The molecule has 0 N–H and O–H groups in total. The Balaban J connectivity index is 1.90. The van der Waals surface area contributed by atoms with E-state index in [0.717, 1.165) is 9.20 Å². The minimum atomic E-state index is -3.84. The summed E-state index contributed by atoms with van der Waals surface area (Å²) in [6.07, 6.45) is 3.28. The smallest absolute Gasteiger partial charge is 0.340 e. The minimum absolute atomic E-state index is 0.109. The number of aromatic nitrogens is 1. The fraction of sp³-hybridized carbons (Fsp3) is 0.200. The summed E-state index contributed by atoms with van der Waals surface area (Å²) in [6, 6.07) is 13.4. The maximum Gasteiger partial charge on any atom is 0.340 e. The van der Waals surface area contributed by atoms with Gasteiger partial charge in [-0.3, -0.25) is 9.36 Å². The summed E-state index contributed by atoms with van der Waals surface area (Å²) in [5, 5.41) is 0.561. The van der Waals surface area contributed by atoms with E-state index < -0.39 is 21.9 Å². The zero-order valence-electron chi connectivity index (χ0n) is 16.2. The molecule has 0 aliphatic rings. The van der Waals surface area contributed by atoms with Gasteiger partial charge in [0.1, 0.15) is 0 Å². The van der Waals surface area contributed by atoms with Crippen molar-refractivity contribution in [2.24, 2.45) is 0 Å². The highest BCUT2D eigenvalue weighted by Crippen LogP contribution is 2.23. The molecule has 152 valence electrons. The van der Waals surface area contributed by atoms with E-state index in [1.807, 2.05) is 6.26 Å². The lowest BCUT2D eigenvalue weighted by Gasteiger charge is -2.17. The number of esters is 1. The second-order valence-electron chi connectivity index (χ2n) is 6.25. The molecule has 0 fully saturated rings. The summed E-state index contributed by atoms with van der Waals surface area (Å²) in [6.45, 7) is -0.383. The molecule has 0 amide bonds. The summed E-state index contributed by atoms with van der Waals surface area (Å²) in [7, 11) is -1.22. The molecule has 2 aromatic carbocycles. The number of rotatable bonds is 6. The molecule has 3 aromatic rings. The van der Waals surface area contributed by atoms with Gasteiger partial charge in [0.05, 0.1) is 29.6 Å². The Morgan fingerprint density at radius 2 is 1.76 bits per heavy atom. The molecule has 0 radical (unpaired) electrons. The number of sulfonamides is 1. The summed E-state index contributed by atoms with van der Waals surface area (Å²) in [4.78, 5) is 26.0. The van der Waals surface area contributed by atoms with Crippen LogP contribution in [0.25, 0.3) is 10.9 Å². The van der Waals surface area contributed by atoms with Crippen molar-refractivity contribution >= 4 is 44.6 Å². The first-order valence-electron chi connectivity index (χ1n) is 8.61. The van der Waals surface area contributed by atoms with Crippen LogP contribution in [-0.2, 0) is 14.8 Å². The van der Waals surface area contributed by atoms with Crippen molar-refractivity contribution < 1.29 is 22.7 Å². The lowest BCUT2D eigenvalue weighted by molar-refractivity contribution is 0.0603. The fourth-order valence-corrected chi connectivity index (χ4v) is 4.47. The zero-order chi connectivity index (χ0) is 21.2. The maximum atomic E-state index is 12.9. The predicted molar refractivity (Wildman–Crippen MR) is 112 cm³/mol. The molecular weight excluding hydrogens is 412 g/mol. The first-order chi connectivity index (χ1) is 13.8. The van der Waals surface area contributed by atoms with E-state index in [4.69, 9.17) is 4.74 Å². The first-order valence-corrected chi connectivity index (χ1v) is 11.3. The third-order valence-corrected chi connectivity index (χ3v) is 7.07. The summed E-state index contributed by atoms with van der Waals surface area (Å²) in [5.41, 5.74) is 0.752. The number of benzene rings is 2. The number of methoxy groups -OCH3 is 1. The van der Waals surface area contributed by atoms with Gasteiger partial charge < -0.3 is 4.74 Å². The molecule has 7 nitrogen and oxygen atoms in total. The highest BCUT2D eigenvalue weighted by Gasteiger charge is 2.25. The van der Waals surface area contributed by atoms with Crippen LogP contribution in [-0.4, -0.2) is 56.1 Å². The van der Waals surface area contributed by atoms with Crippen LogP contribution in [0.3, 0.4) is 0 Å². The fourth-order valence-electron chi connectivity index (χ4n) is 2.94. The molecule has 0 saturated carbocycles. The van der Waals surface area contributed by atoms with E-state index in [2.05, 4.69) is 0 Å². The number of likely N-dealkylation sites (N-methyl/N-ethyl adjacent to an activating group) is 1. The Morgan fingerprint density at radius 3 is 2.38 bits per heavy atom. The van der Waals surface area contributed by atoms with Crippen LogP contribution in [0.4, 0.5) is 0 Å². The van der Waals surface area contributed by atoms with E-state index in [-0.39, 0.29) is 17.0 Å². The molecule has 1 heterocycles. The number of carbonyl (C=O) groups excluding carboxylic acids is 2. The zero-order valence-corrected chi connectivity index (χ0v) is 17.8. The third-order valence-electron chi connectivity index (χ3n) is 4.51. The lowest BCUT2D eigenvalue weighted by atomic mass is 10.2. The van der Waals surface area contributed by atoms with Crippen molar-refractivity contribution in [1.29, 1.82) is 0 Å². The van der Waals surface area contributed by atoms with Crippen molar-refractivity contribution in [2.75, 3.05) is 27.0 Å². The van der Waals surface area contributed by atoms with Crippen LogP contribution >= 0.6 is 11.8 Å². The molecule has 0 unspecified atom stereocenters. The molecule has 29 heavy (non-hydrogen) atoms. The van der Waals surface area contributed by atoms with E-state index in [1.165, 1.54) is 48.8 Å². The van der Waals surface area contributed by atoms with Crippen LogP contribution in [0, 0.1) is 0 Å². The van der Waals surface area contributed by atoms with Gasteiger partial charge in [-0.2, -0.15) is 4.31 Å². The molecule has 1 aromatic heterocycles. The summed E-state index contributed by atoms with van der Waals surface area (Å²) < 4.78 is 32.7. The Labute approximate surface area is 173 Å². The number of carbonyl (C=O) groups is 2. The number of hydrogen-bond acceptors (Lipinski definition) is 6. The van der Waals surface area contributed by atoms with Crippen LogP contribution < -0.4 is 0 Å². The van der Waals surface area contributed by atoms with Gasteiger partial charge in [0.15, 0.2) is 0 Å². The largest absolute Gasteiger partial charge is 0.465 e. The second-order valence-corrected chi connectivity index (χ2v) is 9.18. The van der Waals surface area contributed by atoms with Crippen LogP contribution in [0.1, 0.15) is 15.2 Å². The quantitative estimate of drug-likeness (QED) is 0.440. The lowest BCUT2D eigenvalue weighted by Crippen LogP contribution is -2.34. The van der Waals surface area contributed by atoms with E-state index in [1.54, 1.807) is 36.4 Å². The molecule has 0 aliphatic heterocycles. The Bertz CT molecular complexity index is 1170. The Hall–Kier alpha value is -2.62. The van der Waals surface area contributed by atoms with Crippen LogP contribution in [0.15, 0.2) is 64.5 Å². The van der Waals surface area contributed by atoms with Gasteiger partial charge in [-0.15, -0.1) is 11.8 Å². The van der Waals surface area contributed by atoms with E-state index in [9.17, 15) is 18.0 Å². The van der Waals surface area contributed by atoms with Gasteiger partial charge in [-0.05, 0) is 36.6 Å². The third kappa shape index (κ3) is 4.07. The molecule has 9 heteroatoms. The van der Waals surface area contributed by atoms with Crippen molar-refractivity contribution in [2.45, 2.75) is 9.79 Å². The van der Waals surface area contributed by atoms with Gasteiger partial charge in [-0.25, -0.2) is 13.2 Å². The molecule has 0 atom stereocenters. The van der Waals surface area contributed by atoms with Crippen molar-refractivity contribution in [3.05, 3.63) is 60.3 Å². The van der Waals surface area contributed by atoms with Gasteiger partial charge in [0.2, 0.25) is 15.9 Å². The van der Waals surface area contributed by atoms with E-state index in [0.29, 0.717) is 10.9 Å². The highest BCUT2D eigenvalue weighted by atomic mass is 32.2. The van der Waals surface area contributed by atoms with Gasteiger partial charge >= 0.3 is 5.97 Å². The molecule has 0 saturated heterocycles. The molecule has 0 bridgehead atoms. The van der Waals surface area contributed by atoms with E-state index >= 15 is 0 Å². The first kappa shape index (κ1) is 21.1. The molecule has 0 aliphatic carbocycles. The summed E-state index contributed by atoms with van der Waals surface area (Å²) >= 11 is 1.51. The number of ether oxygens (including phenoxy) is 1. The molecule has 3 rings (SSSR count). The van der Waals surface area contributed by atoms with Gasteiger partial charge in [-0.1, -0.05) is 18.2 Å². The van der Waals surface area contributed by atoms with Crippen LogP contribution in [0.2, 0.25) is 0 Å². The van der Waals surface area contributed by atoms with Crippen molar-refractivity contribution in [3.8, 4) is 0 Å². The highest BCUT2D eigenvalue weighted by molar-refractivity contribution is 7.98. The predicted octanol–water partition coefficient (Wildman–Crippen LogP) is 3.11. The van der Waals surface area contributed by atoms with Crippen LogP contribution in [0.5, 0.6) is 0 Å². The topological polar surface area (TPSA) is 85.7 Å². The maximum absolute atomic E-state index is 12.9. The Morgan fingerprint density at radius 1 is 1.10 bits per heavy atom. The normalized spacial score (nSPS) is 11.7.